The zero-order valence-electron chi connectivity index (χ0n) is 94.8. The van der Waals surface area contributed by atoms with Crippen LogP contribution in [0.4, 0.5) is 0 Å². The van der Waals surface area contributed by atoms with E-state index in [1.807, 2.05) is 192 Å². The Balaban J connectivity index is 0.000000285. The topological polar surface area (TPSA) is 363 Å². The molecule has 0 bridgehead atoms. The molecule has 5 heterocycles. The van der Waals surface area contributed by atoms with Gasteiger partial charge in [0.2, 0.25) is 0 Å². The second-order valence-electron chi connectivity index (χ2n) is 45.2. The normalized spacial score (nSPS) is 13.9. The Kier molecular flexibility index (Phi) is 45.6. The van der Waals surface area contributed by atoms with E-state index in [-0.39, 0.29) is 93.1 Å². The Morgan fingerprint density at radius 3 is 0.705 bits per heavy atom. The van der Waals surface area contributed by atoms with Crippen molar-refractivity contribution in [2.45, 2.75) is 362 Å². The maximum atomic E-state index is 12.3. The first kappa shape index (κ1) is 128. The fraction of sp³-hybridized carbons (Fsp3) is 0.541. The number of carbonyl (C=O) groups excluding carboxylic acids is 1. The molecule has 10 rings (SSSR count). The van der Waals surface area contributed by atoms with Gasteiger partial charge in [0.15, 0.2) is 0 Å². The van der Waals surface area contributed by atoms with Crippen molar-refractivity contribution in [2.75, 3.05) is 39.6 Å². The van der Waals surface area contributed by atoms with Gasteiger partial charge in [-0.05, 0) is 292 Å². The van der Waals surface area contributed by atoms with Crippen LogP contribution in [0.3, 0.4) is 0 Å². The minimum absolute atomic E-state index is 0.198. The van der Waals surface area contributed by atoms with Crippen molar-refractivity contribution in [2.24, 2.45) is 27.1 Å². The van der Waals surface area contributed by atoms with Crippen molar-refractivity contribution in [1.82, 2.24) is 5.32 Å². The maximum Gasteiger partial charge on any atom is 0.345 e. The van der Waals surface area contributed by atoms with E-state index in [2.05, 4.69) is 149 Å². The molecule has 0 aliphatic rings. The van der Waals surface area contributed by atoms with Crippen molar-refractivity contribution in [1.29, 1.82) is 0 Å². The molecule has 27 heteroatoms. The second kappa shape index (κ2) is 53.2. The third-order valence-corrected chi connectivity index (χ3v) is 37.6. The highest BCUT2D eigenvalue weighted by atomic mass is 32.1. The summed E-state index contributed by atoms with van der Waals surface area (Å²) in [5.41, 5.74) is 5.67. The van der Waals surface area contributed by atoms with Crippen LogP contribution in [-0.4, -0.2) is 155 Å². The molecular formula is C122H173NO21S5. The van der Waals surface area contributed by atoms with Crippen LogP contribution < -0.4 is 29.0 Å². The lowest BCUT2D eigenvalue weighted by Gasteiger charge is -2.37. The quantitative estimate of drug-likeness (QED) is 0.0169. The maximum absolute atomic E-state index is 12.3. The van der Waals surface area contributed by atoms with Gasteiger partial charge in [0.1, 0.15) is 105 Å². The number of amides is 1. The molecule has 11 N–H and O–H groups in total. The number of hydrogen-bond acceptors (Lipinski definition) is 21. The van der Waals surface area contributed by atoms with Crippen molar-refractivity contribution < 1.29 is 104 Å². The molecular weight excluding hydrogens is 1980 g/mol. The Morgan fingerprint density at radius 1 is 0.289 bits per heavy atom. The van der Waals surface area contributed by atoms with E-state index >= 15 is 0 Å². The van der Waals surface area contributed by atoms with Crippen molar-refractivity contribution in [3.8, 4) is 28.7 Å². The van der Waals surface area contributed by atoms with Gasteiger partial charge in [-0.15, -0.1) is 56.7 Å². The third kappa shape index (κ3) is 31.3. The summed E-state index contributed by atoms with van der Waals surface area (Å²) >= 11 is 6.83. The van der Waals surface area contributed by atoms with Gasteiger partial charge in [0.05, 0.1) is 17.1 Å². The van der Waals surface area contributed by atoms with E-state index in [4.69, 9.17) is 28.8 Å². The monoisotopic (exact) mass is 2150 g/mol. The molecule has 0 fully saturated rings. The van der Waals surface area contributed by atoms with Crippen molar-refractivity contribution in [3.63, 3.8) is 0 Å². The highest BCUT2D eigenvalue weighted by Gasteiger charge is 2.44. The average molecular weight is 2150 g/mol. The molecule has 0 spiro atoms. The van der Waals surface area contributed by atoms with E-state index in [1.54, 1.807) is 44.2 Å². The number of benzene rings is 5. The lowest BCUT2D eigenvalue weighted by molar-refractivity contribution is -0.135. The SMILES string of the molecule is CCC(CC)(c1ccc(OCC(C)(O)C(C)(C)C)c(C)c1)c1ccc(C(=O)NCC(=O)O)s1.CCC(CC)(c1ccc(OCC(C)(O)C(C)(C)C)c(C)c1)c1ccc(C(=O)O)s1.CCC(CC)(c1ccc(OCC(O)C(C)(C)C)c(C)c1)c1ccc(C(=O)O)s1.CCc1cc(C(CC)(CC)c2ccc(C(=O)O)s2)ccc1OCC(C)(O)C(C)(C)C.CCc1cc(C(CC)(CC)c2ccc(C(=O)O)s2)ccc1OCC(O)C(C)(C)C. The van der Waals surface area contributed by atoms with Crippen molar-refractivity contribution in [3.05, 3.63) is 256 Å². The molecule has 10 aromatic rings. The first-order chi connectivity index (χ1) is 69.2. The molecule has 5 unspecified atom stereocenters. The third-order valence-electron chi connectivity index (χ3n) is 31.2. The zero-order chi connectivity index (χ0) is 113. The lowest BCUT2D eigenvalue weighted by Crippen LogP contribution is -2.45. The van der Waals surface area contributed by atoms with Crippen molar-refractivity contribution >= 4 is 92.4 Å². The van der Waals surface area contributed by atoms with Crippen LogP contribution in [0, 0.1) is 47.8 Å². The summed E-state index contributed by atoms with van der Waals surface area (Å²) in [6, 6.07) is 49.3. The van der Waals surface area contributed by atoms with E-state index in [1.165, 1.54) is 67.8 Å². The second-order valence-corrected chi connectivity index (χ2v) is 50.6. The highest BCUT2D eigenvalue weighted by molar-refractivity contribution is 7.15. The number of aromatic carboxylic acids is 4. The van der Waals surface area contributed by atoms with Crippen LogP contribution in [0.25, 0.3) is 0 Å². The van der Waals surface area contributed by atoms with Crippen LogP contribution in [0.5, 0.6) is 28.7 Å². The van der Waals surface area contributed by atoms with Gasteiger partial charge in [-0.3, -0.25) is 9.59 Å². The fourth-order valence-corrected chi connectivity index (χ4v) is 23.7. The molecule has 149 heavy (non-hydrogen) atoms. The molecule has 5 atom stereocenters. The summed E-state index contributed by atoms with van der Waals surface area (Å²) < 4.78 is 29.9. The number of aliphatic hydroxyl groups excluding tert-OH is 2. The molecule has 5 aromatic carbocycles. The zero-order valence-corrected chi connectivity index (χ0v) is 98.9. The smallest absolute Gasteiger partial charge is 0.345 e. The summed E-state index contributed by atoms with van der Waals surface area (Å²) in [5.74, 6) is -1.09. The Hall–Kier alpha value is -9.78. The molecule has 0 saturated carbocycles. The summed E-state index contributed by atoms with van der Waals surface area (Å²) in [7, 11) is 0. The first-order valence-corrected chi connectivity index (χ1v) is 56.5. The first-order valence-electron chi connectivity index (χ1n) is 52.4. The summed E-state index contributed by atoms with van der Waals surface area (Å²) in [6.45, 7) is 67.7. The number of aryl methyl sites for hydroxylation is 5. The number of hydrogen-bond donors (Lipinski definition) is 11. The summed E-state index contributed by atoms with van der Waals surface area (Å²) in [5, 5.41) is 101. The largest absolute Gasteiger partial charge is 0.491 e. The number of carboxylic acids is 5. The number of aliphatic hydroxyl groups is 5. The standard InChI is InChI=1S/C26H37NO5S.C25H36O4S.2C24H34O4S.C23H32O4S/c1-8-26(9-2,21-13-12-20(33-21)23(30)27-15-22(28)29)18-10-11-19(17(3)14-18)32-16-25(7,31)24(4,5)6;1-8-17-15-18(11-12-19(17)29-16-24(7,28)23(4,5)6)25(9-2,10-3)21-14-13-20(30-21)22(26)27;1-8-24(9-2,20-13-12-19(29-20)21(25)26)17-10-11-18(16(3)14-17)28-15-23(7,27)22(4,5)6;1-7-16-14-17(10-11-18(16)28-15-20(25)23(4,5)6)24(8-2,9-3)21-13-12-19(29-21)22(26)27;1-7-23(8-2,20-12-11-18(28-20)21(25)26)16-9-10-17(15(3)13-16)27-14-19(24)22(4,5)6/h10-14,31H,8-9,15-16H2,1-7H3,(H,27,30)(H,28,29);11-15,28H,8-10,16H2,1-7H3,(H,26,27);10-14,27H,8-9,15H2,1-7H3,(H,25,26);10-14,20,25H,7-9,15H2,1-6H3,(H,26,27);9-13,19,24H,7-8,14H2,1-6H3,(H,25,26). The van der Waals surface area contributed by atoms with Gasteiger partial charge in [0, 0.05) is 51.5 Å². The Labute approximate surface area is 907 Å². The molecule has 1 amide bonds. The van der Waals surface area contributed by atoms with E-state index in [0.717, 1.165) is 175 Å². The van der Waals surface area contributed by atoms with Crippen LogP contribution in [0.2, 0.25) is 0 Å². The molecule has 0 radical (unpaired) electrons. The fourth-order valence-electron chi connectivity index (χ4n) is 17.6. The van der Waals surface area contributed by atoms with E-state index in [9.17, 15) is 74.7 Å². The van der Waals surface area contributed by atoms with Gasteiger partial charge in [-0.25, -0.2) is 19.2 Å². The number of nitrogens with one attached hydrogen (secondary N) is 1. The number of ether oxygens (including phenoxy) is 5. The van der Waals surface area contributed by atoms with Gasteiger partial charge < -0.3 is 80.1 Å². The van der Waals surface area contributed by atoms with Crippen LogP contribution in [0.15, 0.2) is 152 Å². The van der Waals surface area contributed by atoms with Crippen LogP contribution in [0.1, 0.15) is 400 Å². The molecule has 5 aromatic heterocycles. The molecule has 0 aliphatic carbocycles. The van der Waals surface area contributed by atoms with Gasteiger partial charge in [0.25, 0.3) is 5.91 Å². The Morgan fingerprint density at radius 2 is 0.497 bits per heavy atom. The summed E-state index contributed by atoms with van der Waals surface area (Å²) in [4.78, 5) is 75.9. The minimum atomic E-state index is -1.07. The number of thiophene rings is 5. The molecule has 822 valence electrons. The predicted octanol–water partition coefficient (Wildman–Crippen LogP) is 29.0. The number of carboxylic acid groups (broad SMARTS) is 5. The number of aliphatic carboxylic acids is 1. The Bertz CT molecular complexity index is 6030. The van der Waals surface area contributed by atoms with Gasteiger partial charge in [-0.2, -0.15) is 0 Å². The predicted molar refractivity (Wildman–Crippen MR) is 610 cm³/mol. The van der Waals surface area contributed by atoms with Gasteiger partial charge >= 0.3 is 29.8 Å². The number of rotatable bonds is 44. The van der Waals surface area contributed by atoms with Crippen LogP contribution in [-0.2, 0) is 44.7 Å². The molecule has 22 nitrogen and oxygen atoms in total. The van der Waals surface area contributed by atoms with Gasteiger partial charge in [-0.1, -0.05) is 248 Å². The average Bonchev–Trinajstić information content (AvgIpc) is 1.72. The lowest BCUT2D eigenvalue weighted by atomic mass is 9.74. The molecule has 0 aliphatic heterocycles. The van der Waals surface area contributed by atoms with Crippen LogP contribution >= 0.6 is 56.7 Å². The highest BCUT2D eigenvalue weighted by Crippen LogP contribution is 2.51. The van der Waals surface area contributed by atoms with E-state index in [0.29, 0.717) is 24.4 Å². The van der Waals surface area contributed by atoms with E-state index < -0.39 is 65.4 Å². The minimum Gasteiger partial charge on any atom is -0.491 e. The summed E-state index contributed by atoms with van der Waals surface area (Å²) in [6.07, 6.45) is 9.28. The number of carbonyl (C=O) groups is 6. The molecule has 0 saturated heterocycles.